The molecule has 0 unspecified atom stereocenters. The van der Waals surface area contributed by atoms with Gasteiger partial charge in [0, 0.05) is 17.7 Å². The van der Waals surface area contributed by atoms with Crippen molar-refractivity contribution in [1.82, 2.24) is 4.98 Å². The van der Waals surface area contributed by atoms with E-state index in [4.69, 9.17) is 0 Å². The lowest BCUT2D eigenvalue weighted by molar-refractivity contribution is 1.27. The first-order valence-electron chi connectivity index (χ1n) is 3.56. The van der Waals surface area contributed by atoms with Crippen LogP contribution in [0.2, 0.25) is 0 Å². The van der Waals surface area contributed by atoms with Gasteiger partial charge in [0.05, 0.1) is 0 Å². The SMILES string of the molecule is BrCCC=Cc1ccncc1. The van der Waals surface area contributed by atoms with Crippen molar-refractivity contribution in [2.45, 2.75) is 6.42 Å². The summed E-state index contributed by atoms with van der Waals surface area (Å²) in [7, 11) is 0. The number of alkyl halides is 1. The minimum absolute atomic E-state index is 1.02. The van der Waals surface area contributed by atoms with E-state index in [1.807, 2.05) is 12.1 Å². The van der Waals surface area contributed by atoms with E-state index in [-0.39, 0.29) is 0 Å². The molecule has 0 aliphatic rings. The minimum atomic E-state index is 1.02. The maximum atomic E-state index is 3.93. The van der Waals surface area contributed by atoms with E-state index < -0.39 is 0 Å². The molecule has 1 aromatic rings. The number of hydrogen-bond donors (Lipinski definition) is 0. The van der Waals surface area contributed by atoms with E-state index in [0.29, 0.717) is 0 Å². The van der Waals surface area contributed by atoms with E-state index in [1.165, 1.54) is 5.56 Å². The number of allylic oxidation sites excluding steroid dienone is 1. The molecule has 0 fully saturated rings. The van der Waals surface area contributed by atoms with Crippen molar-refractivity contribution in [2.24, 2.45) is 0 Å². The fraction of sp³-hybridized carbons (Fsp3) is 0.222. The monoisotopic (exact) mass is 211 g/mol. The van der Waals surface area contributed by atoms with Gasteiger partial charge in [0.1, 0.15) is 0 Å². The van der Waals surface area contributed by atoms with Gasteiger partial charge < -0.3 is 0 Å². The Kier molecular flexibility index (Phi) is 3.91. The smallest absolute Gasteiger partial charge is 0.0273 e. The summed E-state index contributed by atoms with van der Waals surface area (Å²) in [5.74, 6) is 0. The molecule has 1 rings (SSSR count). The summed E-state index contributed by atoms with van der Waals surface area (Å²) in [4.78, 5) is 3.93. The maximum absolute atomic E-state index is 3.93. The summed E-state index contributed by atoms with van der Waals surface area (Å²) in [6, 6.07) is 3.98. The van der Waals surface area contributed by atoms with Crippen LogP contribution in [0.3, 0.4) is 0 Å². The summed E-state index contributed by atoms with van der Waals surface area (Å²) in [6.07, 6.45) is 8.91. The molecule has 11 heavy (non-hydrogen) atoms. The fourth-order valence-corrected chi connectivity index (χ4v) is 1.02. The van der Waals surface area contributed by atoms with E-state index in [9.17, 15) is 0 Å². The number of halogens is 1. The van der Waals surface area contributed by atoms with Gasteiger partial charge in [-0.1, -0.05) is 28.1 Å². The molecule has 2 heteroatoms. The first-order valence-corrected chi connectivity index (χ1v) is 4.68. The maximum Gasteiger partial charge on any atom is 0.0273 e. The van der Waals surface area contributed by atoms with Crippen LogP contribution in [0.1, 0.15) is 12.0 Å². The van der Waals surface area contributed by atoms with Gasteiger partial charge in [-0.15, -0.1) is 0 Å². The first kappa shape index (κ1) is 8.47. The Labute approximate surface area is 75.3 Å². The molecule has 0 N–H and O–H groups in total. The molecular formula is C9H10BrN. The van der Waals surface area contributed by atoms with Crippen LogP contribution < -0.4 is 0 Å². The van der Waals surface area contributed by atoms with E-state index >= 15 is 0 Å². The van der Waals surface area contributed by atoms with Gasteiger partial charge >= 0.3 is 0 Å². The zero-order chi connectivity index (χ0) is 7.94. The van der Waals surface area contributed by atoms with Crippen molar-refractivity contribution in [2.75, 3.05) is 5.33 Å². The van der Waals surface area contributed by atoms with Gasteiger partial charge in [0.25, 0.3) is 0 Å². The van der Waals surface area contributed by atoms with E-state index in [1.54, 1.807) is 12.4 Å². The molecule has 1 nitrogen and oxygen atoms in total. The second kappa shape index (κ2) is 5.08. The molecule has 58 valence electrons. The molecule has 1 heterocycles. The van der Waals surface area contributed by atoms with Gasteiger partial charge in [0.2, 0.25) is 0 Å². The molecule has 0 aliphatic carbocycles. The van der Waals surface area contributed by atoms with Crippen molar-refractivity contribution < 1.29 is 0 Å². The molecule has 0 radical (unpaired) electrons. The third-order valence-corrected chi connectivity index (χ3v) is 1.75. The molecule has 0 atom stereocenters. The molecule has 0 bridgehead atoms. The molecular weight excluding hydrogens is 202 g/mol. The minimum Gasteiger partial charge on any atom is -0.265 e. The molecule has 1 aromatic heterocycles. The van der Waals surface area contributed by atoms with Gasteiger partial charge in [-0.25, -0.2) is 0 Å². The van der Waals surface area contributed by atoms with Crippen LogP contribution in [0.4, 0.5) is 0 Å². The highest BCUT2D eigenvalue weighted by Crippen LogP contribution is 2.00. The molecule has 0 aliphatic heterocycles. The normalized spacial score (nSPS) is 10.6. The van der Waals surface area contributed by atoms with Crippen molar-refractivity contribution in [3.05, 3.63) is 36.2 Å². The largest absolute Gasteiger partial charge is 0.265 e. The Balaban J connectivity index is 2.50. The van der Waals surface area contributed by atoms with Crippen molar-refractivity contribution in [3.8, 4) is 0 Å². The number of rotatable bonds is 3. The highest BCUT2D eigenvalue weighted by Gasteiger charge is 1.81. The van der Waals surface area contributed by atoms with Crippen LogP contribution in [0.5, 0.6) is 0 Å². The lowest BCUT2D eigenvalue weighted by atomic mass is 10.2. The lowest BCUT2D eigenvalue weighted by Crippen LogP contribution is -1.72. The first-order chi connectivity index (χ1) is 5.43. The number of hydrogen-bond acceptors (Lipinski definition) is 1. The molecule has 0 saturated heterocycles. The highest BCUT2D eigenvalue weighted by molar-refractivity contribution is 9.09. The second-order valence-corrected chi connectivity index (χ2v) is 2.95. The summed E-state index contributed by atoms with van der Waals surface area (Å²) < 4.78 is 0. The van der Waals surface area contributed by atoms with Gasteiger partial charge in [-0.05, 0) is 24.1 Å². The topological polar surface area (TPSA) is 12.9 Å². The van der Waals surface area contributed by atoms with Gasteiger partial charge in [-0.3, -0.25) is 4.98 Å². The van der Waals surface area contributed by atoms with Crippen LogP contribution in [0, 0.1) is 0 Å². The van der Waals surface area contributed by atoms with E-state index in [2.05, 4.69) is 33.1 Å². The Morgan fingerprint density at radius 3 is 2.73 bits per heavy atom. The molecule has 0 aromatic carbocycles. The van der Waals surface area contributed by atoms with Crippen LogP contribution in [-0.2, 0) is 0 Å². The molecule has 0 spiro atoms. The quantitative estimate of drug-likeness (QED) is 0.702. The van der Waals surface area contributed by atoms with E-state index in [0.717, 1.165) is 11.8 Å². The van der Waals surface area contributed by atoms with Crippen LogP contribution >= 0.6 is 15.9 Å². The lowest BCUT2D eigenvalue weighted by Gasteiger charge is -1.88. The van der Waals surface area contributed by atoms with Crippen molar-refractivity contribution >= 4 is 22.0 Å². The predicted octanol–water partition coefficient (Wildman–Crippen LogP) is 2.88. The molecule has 0 amide bonds. The van der Waals surface area contributed by atoms with Crippen LogP contribution in [0.25, 0.3) is 6.08 Å². The molecule has 0 saturated carbocycles. The number of pyridine rings is 1. The summed E-state index contributed by atoms with van der Waals surface area (Å²) in [5.41, 5.74) is 1.21. The zero-order valence-electron chi connectivity index (χ0n) is 6.20. The Bertz CT molecular complexity index is 218. The Morgan fingerprint density at radius 1 is 1.36 bits per heavy atom. The third-order valence-electron chi connectivity index (χ3n) is 1.29. The summed E-state index contributed by atoms with van der Waals surface area (Å²) in [6.45, 7) is 0. The van der Waals surface area contributed by atoms with Gasteiger partial charge in [0.15, 0.2) is 0 Å². The van der Waals surface area contributed by atoms with Crippen LogP contribution in [0.15, 0.2) is 30.6 Å². The average Bonchev–Trinajstić information content (AvgIpc) is 2.07. The Hall–Kier alpha value is -0.630. The average molecular weight is 212 g/mol. The third kappa shape index (κ3) is 3.33. The highest BCUT2D eigenvalue weighted by atomic mass is 79.9. The number of aromatic nitrogens is 1. The Morgan fingerprint density at radius 2 is 2.09 bits per heavy atom. The zero-order valence-corrected chi connectivity index (χ0v) is 7.79. The van der Waals surface area contributed by atoms with Gasteiger partial charge in [-0.2, -0.15) is 0 Å². The van der Waals surface area contributed by atoms with Crippen molar-refractivity contribution in [3.63, 3.8) is 0 Å². The van der Waals surface area contributed by atoms with Crippen LogP contribution in [-0.4, -0.2) is 10.3 Å². The number of nitrogens with zero attached hydrogens (tertiary/aromatic N) is 1. The fourth-order valence-electron chi connectivity index (χ4n) is 0.757. The summed E-state index contributed by atoms with van der Waals surface area (Å²) in [5, 5.41) is 1.02. The summed E-state index contributed by atoms with van der Waals surface area (Å²) >= 11 is 3.36. The predicted molar refractivity (Wildman–Crippen MR) is 51.7 cm³/mol. The van der Waals surface area contributed by atoms with Crippen molar-refractivity contribution in [1.29, 1.82) is 0 Å². The standard InChI is InChI=1S/C9H10BrN/c10-6-2-1-3-9-4-7-11-8-5-9/h1,3-5,7-8H,2,6H2. The second-order valence-electron chi connectivity index (χ2n) is 2.16.